The molecule has 0 bridgehead atoms. The standard InChI is InChI=1S/C15H23N3OSi/c1-20(2,3)11-10-19-12-18-9-8-15(17-18)13-6-4-5-7-14(13)16/h4-9H,10-12,16H2,1-3H3. The fraction of sp³-hybridized carbons (Fsp3) is 0.400. The van der Waals surface area contributed by atoms with Crippen LogP contribution >= 0.6 is 0 Å². The number of aromatic nitrogens is 2. The van der Waals surface area contributed by atoms with Gasteiger partial charge in [0.1, 0.15) is 6.73 Å². The molecule has 0 aliphatic carbocycles. The van der Waals surface area contributed by atoms with Gasteiger partial charge in [-0.05, 0) is 18.2 Å². The Balaban J connectivity index is 1.92. The minimum absolute atomic E-state index is 0.497. The van der Waals surface area contributed by atoms with Crippen molar-refractivity contribution in [2.45, 2.75) is 32.4 Å². The maximum Gasteiger partial charge on any atom is 0.139 e. The van der Waals surface area contributed by atoms with E-state index in [1.54, 1.807) is 0 Å². The molecule has 0 saturated carbocycles. The Labute approximate surface area is 121 Å². The van der Waals surface area contributed by atoms with E-state index in [2.05, 4.69) is 24.7 Å². The maximum atomic E-state index is 5.96. The number of para-hydroxylation sites is 1. The normalized spacial score (nSPS) is 11.8. The highest BCUT2D eigenvalue weighted by molar-refractivity contribution is 6.76. The molecule has 1 aromatic carbocycles. The van der Waals surface area contributed by atoms with Crippen molar-refractivity contribution in [2.24, 2.45) is 0 Å². The van der Waals surface area contributed by atoms with Gasteiger partial charge in [-0.1, -0.05) is 37.8 Å². The quantitative estimate of drug-likeness (QED) is 0.503. The highest BCUT2D eigenvalue weighted by Crippen LogP contribution is 2.23. The second kappa shape index (κ2) is 6.24. The summed E-state index contributed by atoms with van der Waals surface area (Å²) in [6, 6.07) is 10.9. The molecule has 5 heteroatoms. The molecule has 2 rings (SSSR count). The van der Waals surface area contributed by atoms with Crippen molar-refractivity contribution in [3.63, 3.8) is 0 Å². The highest BCUT2D eigenvalue weighted by Gasteiger charge is 2.12. The van der Waals surface area contributed by atoms with Gasteiger partial charge in [0.05, 0.1) is 5.69 Å². The van der Waals surface area contributed by atoms with Crippen molar-refractivity contribution in [3.05, 3.63) is 36.5 Å². The van der Waals surface area contributed by atoms with Gasteiger partial charge in [0.25, 0.3) is 0 Å². The summed E-state index contributed by atoms with van der Waals surface area (Å²) < 4.78 is 7.49. The lowest BCUT2D eigenvalue weighted by atomic mass is 10.1. The zero-order chi connectivity index (χ0) is 14.6. The van der Waals surface area contributed by atoms with Crippen LogP contribution < -0.4 is 5.73 Å². The average Bonchev–Trinajstić information content (AvgIpc) is 2.83. The summed E-state index contributed by atoms with van der Waals surface area (Å²) in [6.07, 6.45) is 1.93. The van der Waals surface area contributed by atoms with Crippen LogP contribution in [0.25, 0.3) is 11.3 Å². The molecule has 1 heterocycles. The Bertz CT molecular complexity index is 560. The molecule has 0 spiro atoms. The van der Waals surface area contributed by atoms with Crippen LogP contribution in [0.15, 0.2) is 36.5 Å². The molecule has 0 aliphatic heterocycles. The molecular weight excluding hydrogens is 266 g/mol. The van der Waals surface area contributed by atoms with Gasteiger partial charge in [-0.2, -0.15) is 5.10 Å². The summed E-state index contributed by atoms with van der Waals surface area (Å²) in [5.74, 6) is 0. The number of nitrogen functional groups attached to an aromatic ring is 1. The molecule has 0 atom stereocenters. The molecule has 0 aliphatic rings. The van der Waals surface area contributed by atoms with Gasteiger partial charge in [0, 0.05) is 32.1 Å². The number of hydrogen-bond donors (Lipinski definition) is 1. The number of ether oxygens (including phenoxy) is 1. The first-order valence-corrected chi connectivity index (χ1v) is 10.6. The molecule has 0 fully saturated rings. The van der Waals surface area contributed by atoms with Crippen LogP contribution in [0.2, 0.25) is 25.7 Å². The molecule has 0 saturated heterocycles. The lowest BCUT2D eigenvalue weighted by molar-refractivity contribution is 0.0787. The van der Waals surface area contributed by atoms with Gasteiger partial charge in [-0.3, -0.25) is 0 Å². The minimum atomic E-state index is -1.02. The van der Waals surface area contributed by atoms with E-state index in [4.69, 9.17) is 10.5 Å². The largest absolute Gasteiger partial charge is 0.398 e. The van der Waals surface area contributed by atoms with E-state index in [0.29, 0.717) is 6.73 Å². The molecule has 0 unspecified atom stereocenters. The molecule has 2 aromatic rings. The number of nitrogens with two attached hydrogens (primary N) is 1. The van der Waals surface area contributed by atoms with Gasteiger partial charge in [-0.15, -0.1) is 0 Å². The lowest BCUT2D eigenvalue weighted by Gasteiger charge is -2.15. The van der Waals surface area contributed by atoms with Gasteiger partial charge in [0.15, 0.2) is 0 Å². The molecule has 0 amide bonds. The molecule has 0 radical (unpaired) electrons. The molecule has 108 valence electrons. The van der Waals surface area contributed by atoms with Crippen LogP contribution in [0.3, 0.4) is 0 Å². The Morgan fingerprint density at radius 1 is 1.20 bits per heavy atom. The van der Waals surface area contributed by atoms with E-state index in [-0.39, 0.29) is 0 Å². The summed E-state index contributed by atoms with van der Waals surface area (Å²) in [4.78, 5) is 0. The zero-order valence-corrected chi connectivity index (χ0v) is 13.5. The third-order valence-corrected chi connectivity index (χ3v) is 4.80. The van der Waals surface area contributed by atoms with Crippen molar-refractivity contribution >= 4 is 13.8 Å². The molecule has 4 nitrogen and oxygen atoms in total. The van der Waals surface area contributed by atoms with Gasteiger partial charge in [0.2, 0.25) is 0 Å². The Morgan fingerprint density at radius 3 is 2.65 bits per heavy atom. The van der Waals surface area contributed by atoms with Crippen LogP contribution in [0.5, 0.6) is 0 Å². The first-order valence-electron chi connectivity index (χ1n) is 6.92. The maximum absolute atomic E-state index is 5.96. The molecule has 1 aromatic heterocycles. The third kappa shape index (κ3) is 4.21. The fourth-order valence-electron chi connectivity index (χ4n) is 1.84. The monoisotopic (exact) mass is 289 g/mol. The third-order valence-electron chi connectivity index (χ3n) is 3.10. The first kappa shape index (κ1) is 14.8. The highest BCUT2D eigenvalue weighted by atomic mass is 28.3. The number of anilines is 1. The fourth-order valence-corrected chi connectivity index (χ4v) is 2.60. The van der Waals surface area contributed by atoms with Crippen LogP contribution in [0.1, 0.15) is 0 Å². The van der Waals surface area contributed by atoms with E-state index in [1.807, 2.05) is 41.2 Å². The van der Waals surface area contributed by atoms with Crippen LogP contribution in [-0.2, 0) is 11.5 Å². The summed E-state index contributed by atoms with van der Waals surface area (Å²) in [5, 5.41) is 4.50. The van der Waals surface area contributed by atoms with Gasteiger partial charge < -0.3 is 10.5 Å². The van der Waals surface area contributed by atoms with Crippen LogP contribution in [0.4, 0.5) is 5.69 Å². The van der Waals surface area contributed by atoms with E-state index < -0.39 is 8.07 Å². The van der Waals surface area contributed by atoms with E-state index >= 15 is 0 Å². The number of nitrogens with zero attached hydrogens (tertiary/aromatic N) is 2. The Kier molecular flexibility index (Phi) is 4.62. The van der Waals surface area contributed by atoms with Crippen molar-refractivity contribution in [3.8, 4) is 11.3 Å². The van der Waals surface area contributed by atoms with Crippen molar-refractivity contribution < 1.29 is 4.74 Å². The summed E-state index contributed by atoms with van der Waals surface area (Å²) in [7, 11) is -1.02. The number of rotatable bonds is 6. The SMILES string of the molecule is C[Si](C)(C)CCOCn1ccc(-c2ccccc2N)n1. The lowest BCUT2D eigenvalue weighted by Crippen LogP contribution is -2.22. The first-order chi connectivity index (χ1) is 9.46. The molecule has 20 heavy (non-hydrogen) atoms. The summed E-state index contributed by atoms with van der Waals surface area (Å²) in [5.41, 5.74) is 8.56. The second-order valence-electron chi connectivity index (χ2n) is 6.18. The second-order valence-corrected chi connectivity index (χ2v) is 11.8. The summed E-state index contributed by atoms with van der Waals surface area (Å²) >= 11 is 0. The predicted octanol–water partition coefficient (Wildman–Crippen LogP) is 3.44. The van der Waals surface area contributed by atoms with Crippen molar-refractivity contribution in [2.75, 3.05) is 12.3 Å². The average molecular weight is 289 g/mol. The Morgan fingerprint density at radius 2 is 1.95 bits per heavy atom. The van der Waals surface area contributed by atoms with Crippen molar-refractivity contribution in [1.82, 2.24) is 9.78 Å². The van der Waals surface area contributed by atoms with Gasteiger partial charge >= 0.3 is 0 Å². The van der Waals surface area contributed by atoms with E-state index in [1.165, 1.54) is 6.04 Å². The van der Waals surface area contributed by atoms with Crippen LogP contribution in [-0.4, -0.2) is 24.5 Å². The summed E-state index contributed by atoms with van der Waals surface area (Å²) in [6.45, 7) is 8.34. The van der Waals surface area contributed by atoms with Crippen LogP contribution in [0, 0.1) is 0 Å². The molecular formula is C15H23N3OSi. The number of benzene rings is 1. The van der Waals surface area contributed by atoms with Crippen molar-refractivity contribution in [1.29, 1.82) is 0 Å². The Hall–Kier alpha value is -1.59. The predicted molar refractivity (Wildman–Crippen MR) is 86.2 cm³/mol. The number of hydrogen-bond acceptors (Lipinski definition) is 3. The minimum Gasteiger partial charge on any atom is -0.398 e. The van der Waals surface area contributed by atoms with E-state index in [0.717, 1.165) is 23.6 Å². The smallest absolute Gasteiger partial charge is 0.139 e. The molecule has 2 N–H and O–H groups in total. The van der Waals surface area contributed by atoms with E-state index in [9.17, 15) is 0 Å². The topological polar surface area (TPSA) is 53.1 Å². The van der Waals surface area contributed by atoms with Gasteiger partial charge in [-0.25, -0.2) is 4.68 Å². The zero-order valence-electron chi connectivity index (χ0n) is 12.5.